The molecule has 2 rings (SSSR count). The molecule has 1 aliphatic rings. The van der Waals surface area contributed by atoms with Gasteiger partial charge in [-0.25, -0.2) is 0 Å². The summed E-state index contributed by atoms with van der Waals surface area (Å²) in [5, 5.41) is 4.22. The zero-order valence-corrected chi connectivity index (χ0v) is 11.1. The number of nitrogens with one attached hydrogen (secondary N) is 1. The third-order valence-electron chi connectivity index (χ3n) is 2.98. The quantitative estimate of drug-likeness (QED) is 0.642. The van der Waals surface area contributed by atoms with E-state index in [1.807, 2.05) is 30.3 Å². The highest BCUT2D eigenvalue weighted by Crippen LogP contribution is 2.05. The van der Waals surface area contributed by atoms with Gasteiger partial charge in [0.25, 0.3) is 0 Å². The van der Waals surface area contributed by atoms with Crippen molar-refractivity contribution in [2.45, 2.75) is 6.92 Å². The number of hydrogen-bond donors (Lipinski definition) is 1. The highest BCUT2D eigenvalue weighted by molar-refractivity contribution is 6.39. The summed E-state index contributed by atoms with van der Waals surface area (Å²) in [5.74, 6) is -0.00470. The molecule has 0 aromatic heterocycles. The van der Waals surface area contributed by atoms with Gasteiger partial charge in [-0.1, -0.05) is 18.2 Å². The van der Waals surface area contributed by atoms with Crippen molar-refractivity contribution < 1.29 is 9.53 Å². The molecule has 0 spiro atoms. The van der Waals surface area contributed by atoms with Gasteiger partial charge in [-0.05, 0) is 12.1 Å². The molecule has 5 heteroatoms. The Balaban J connectivity index is 1.96. The Hall–Kier alpha value is -1.72. The molecular formula is C14H19N3O2. The molecule has 5 nitrogen and oxygen atoms in total. The highest BCUT2D eigenvalue weighted by Gasteiger charge is 2.15. The summed E-state index contributed by atoms with van der Waals surface area (Å²) in [6, 6.07) is 9.61. The van der Waals surface area contributed by atoms with Gasteiger partial charge in [0.15, 0.2) is 5.78 Å². The monoisotopic (exact) mass is 261 g/mol. The van der Waals surface area contributed by atoms with Crippen LogP contribution in [0.1, 0.15) is 6.92 Å². The Labute approximate surface area is 113 Å². The van der Waals surface area contributed by atoms with E-state index in [2.05, 4.69) is 15.4 Å². The van der Waals surface area contributed by atoms with Gasteiger partial charge in [0.2, 0.25) is 0 Å². The van der Waals surface area contributed by atoms with E-state index < -0.39 is 0 Å². The lowest BCUT2D eigenvalue weighted by molar-refractivity contribution is -0.111. The molecule has 0 aliphatic carbocycles. The van der Waals surface area contributed by atoms with Gasteiger partial charge in [0.1, 0.15) is 5.71 Å². The van der Waals surface area contributed by atoms with Gasteiger partial charge in [-0.15, -0.1) is 0 Å². The Morgan fingerprint density at radius 1 is 1.32 bits per heavy atom. The van der Waals surface area contributed by atoms with Crippen molar-refractivity contribution in [1.29, 1.82) is 0 Å². The summed E-state index contributed by atoms with van der Waals surface area (Å²) in [5.41, 5.74) is 4.35. The molecule has 19 heavy (non-hydrogen) atoms. The van der Waals surface area contributed by atoms with E-state index in [9.17, 15) is 4.79 Å². The molecule has 0 radical (unpaired) electrons. The predicted octanol–water partition coefficient (Wildman–Crippen LogP) is 1.38. The van der Waals surface area contributed by atoms with Crippen LogP contribution in [-0.4, -0.2) is 49.2 Å². The van der Waals surface area contributed by atoms with Crippen LogP contribution in [-0.2, 0) is 9.53 Å². The zero-order chi connectivity index (χ0) is 13.5. The second-order valence-electron chi connectivity index (χ2n) is 4.48. The maximum atomic E-state index is 11.6. The van der Waals surface area contributed by atoms with Gasteiger partial charge < -0.3 is 4.74 Å². The van der Waals surface area contributed by atoms with Crippen molar-refractivity contribution in [2.24, 2.45) is 5.10 Å². The number of carbonyl (C=O) groups excluding carboxylic acids is 1. The van der Waals surface area contributed by atoms with E-state index in [4.69, 9.17) is 4.74 Å². The molecule has 1 aliphatic heterocycles. The number of ketones is 1. The number of benzene rings is 1. The number of Topliss-reactive ketones (excluding diaryl/α,β-unsaturated/α-hetero) is 1. The van der Waals surface area contributed by atoms with Crippen molar-refractivity contribution >= 4 is 17.2 Å². The second-order valence-corrected chi connectivity index (χ2v) is 4.48. The Bertz CT molecular complexity index is 439. The third kappa shape index (κ3) is 4.46. The highest BCUT2D eigenvalue weighted by atomic mass is 16.5. The first-order valence-electron chi connectivity index (χ1n) is 6.44. The van der Waals surface area contributed by atoms with Gasteiger partial charge in [-0.3, -0.25) is 15.1 Å². The maximum absolute atomic E-state index is 11.6. The SMILES string of the molecule is CC(=O)/C(CN1CCOCC1)=N\Nc1ccccc1. The van der Waals surface area contributed by atoms with Crippen LogP contribution >= 0.6 is 0 Å². The minimum absolute atomic E-state index is 0.00470. The number of carbonyl (C=O) groups is 1. The fourth-order valence-corrected chi connectivity index (χ4v) is 1.84. The first-order valence-corrected chi connectivity index (χ1v) is 6.44. The Morgan fingerprint density at radius 2 is 2.00 bits per heavy atom. The van der Waals surface area contributed by atoms with E-state index in [1.54, 1.807) is 6.92 Å². The lowest BCUT2D eigenvalue weighted by atomic mass is 10.2. The van der Waals surface area contributed by atoms with E-state index in [-0.39, 0.29) is 5.78 Å². The number of hydrazone groups is 1. The predicted molar refractivity (Wildman–Crippen MR) is 75.4 cm³/mol. The largest absolute Gasteiger partial charge is 0.379 e. The third-order valence-corrected chi connectivity index (χ3v) is 2.98. The molecule has 0 unspecified atom stereocenters. The van der Waals surface area contributed by atoms with Crippen LogP contribution in [0.15, 0.2) is 35.4 Å². The van der Waals surface area contributed by atoms with Gasteiger partial charge in [0, 0.05) is 26.6 Å². The molecule has 1 fully saturated rings. The number of nitrogens with zero attached hydrogens (tertiary/aromatic N) is 2. The standard InChI is InChI=1S/C14H19N3O2/c1-12(18)14(11-17-7-9-19-10-8-17)16-15-13-5-3-2-4-6-13/h2-6,15H,7-11H2,1H3/b16-14-. The summed E-state index contributed by atoms with van der Waals surface area (Å²) >= 11 is 0. The molecule has 0 saturated carbocycles. The van der Waals surface area contributed by atoms with Crippen molar-refractivity contribution in [1.82, 2.24) is 4.90 Å². The number of ether oxygens (including phenoxy) is 1. The topological polar surface area (TPSA) is 53.9 Å². The van der Waals surface area contributed by atoms with Gasteiger partial charge >= 0.3 is 0 Å². The van der Waals surface area contributed by atoms with Crippen LogP contribution in [0.2, 0.25) is 0 Å². The van der Waals surface area contributed by atoms with Gasteiger partial charge in [-0.2, -0.15) is 5.10 Å². The number of rotatable bonds is 5. The molecule has 1 heterocycles. The van der Waals surface area contributed by atoms with E-state index >= 15 is 0 Å². The van der Waals surface area contributed by atoms with E-state index in [0.717, 1.165) is 32.0 Å². The lowest BCUT2D eigenvalue weighted by Crippen LogP contribution is -2.41. The van der Waals surface area contributed by atoms with Gasteiger partial charge in [0.05, 0.1) is 18.9 Å². The number of morpholine rings is 1. The fraction of sp³-hybridized carbons (Fsp3) is 0.429. The molecule has 1 N–H and O–H groups in total. The summed E-state index contributed by atoms with van der Waals surface area (Å²) < 4.78 is 5.29. The van der Waals surface area contributed by atoms with Crippen molar-refractivity contribution in [2.75, 3.05) is 38.3 Å². The molecule has 0 atom stereocenters. The fourth-order valence-electron chi connectivity index (χ4n) is 1.84. The maximum Gasteiger partial charge on any atom is 0.177 e. The molecule has 1 aromatic carbocycles. The average Bonchev–Trinajstić information content (AvgIpc) is 2.45. The summed E-state index contributed by atoms with van der Waals surface area (Å²) in [6.45, 7) is 5.24. The lowest BCUT2D eigenvalue weighted by Gasteiger charge is -2.26. The van der Waals surface area contributed by atoms with Crippen LogP contribution in [0.4, 0.5) is 5.69 Å². The van der Waals surface area contributed by atoms with Crippen molar-refractivity contribution in [3.8, 4) is 0 Å². The van der Waals surface area contributed by atoms with Crippen molar-refractivity contribution in [3.05, 3.63) is 30.3 Å². The summed E-state index contributed by atoms with van der Waals surface area (Å²) in [7, 11) is 0. The van der Waals surface area contributed by atoms with Crippen molar-refractivity contribution in [3.63, 3.8) is 0 Å². The summed E-state index contributed by atoms with van der Waals surface area (Å²) in [6.07, 6.45) is 0. The number of hydrogen-bond acceptors (Lipinski definition) is 5. The molecule has 1 saturated heterocycles. The number of anilines is 1. The zero-order valence-electron chi connectivity index (χ0n) is 11.1. The molecule has 0 bridgehead atoms. The van der Waals surface area contributed by atoms with Crippen LogP contribution in [0.5, 0.6) is 0 Å². The van der Waals surface area contributed by atoms with Crippen LogP contribution in [0.25, 0.3) is 0 Å². The van der Waals surface area contributed by atoms with E-state index in [0.29, 0.717) is 12.3 Å². The minimum Gasteiger partial charge on any atom is -0.379 e. The molecular weight excluding hydrogens is 242 g/mol. The summed E-state index contributed by atoms with van der Waals surface area (Å²) in [4.78, 5) is 13.8. The minimum atomic E-state index is -0.00470. The van der Waals surface area contributed by atoms with E-state index in [1.165, 1.54) is 0 Å². The Kier molecular flexibility index (Phi) is 5.06. The molecule has 1 aromatic rings. The molecule has 0 amide bonds. The normalized spacial score (nSPS) is 17.2. The van der Waals surface area contributed by atoms with Crippen LogP contribution < -0.4 is 5.43 Å². The Morgan fingerprint density at radius 3 is 2.63 bits per heavy atom. The van der Waals surface area contributed by atoms with Crippen LogP contribution in [0.3, 0.4) is 0 Å². The number of para-hydroxylation sites is 1. The van der Waals surface area contributed by atoms with Crippen LogP contribution in [0, 0.1) is 0 Å². The molecule has 102 valence electrons. The average molecular weight is 261 g/mol. The first-order chi connectivity index (χ1) is 9.25. The second kappa shape index (κ2) is 7.01. The smallest absolute Gasteiger partial charge is 0.177 e. The first kappa shape index (κ1) is 13.7.